The zero-order valence-electron chi connectivity index (χ0n) is 11.1. The Morgan fingerprint density at radius 3 is 2.83 bits per heavy atom. The van der Waals surface area contributed by atoms with Crippen molar-refractivity contribution >= 4 is 10.9 Å². The van der Waals surface area contributed by atoms with E-state index in [0.29, 0.717) is 12.0 Å². The molecule has 0 saturated heterocycles. The van der Waals surface area contributed by atoms with Crippen LogP contribution in [0, 0.1) is 12.8 Å². The largest absolute Gasteiger partial charge is 0.344 e. The molecule has 0 amide bonds. The van der Waals surface area contributed by atoms with E-state index in [1.807, 2.05) is 0 Å². The number of rotatable bonds is 2. The lowest BCUT2D eigenvalue weighted by Crippen LogP contribution is -2.28. The second-order valence-corrected chi connectivity index (χ2v) is 5.58. The third-order valence-corrected chi connectivity index (χ3v) is 4.47. The number of hydrogen-bond acceptors (Lipinski definition) is 1. The predicted octanol–water partition coefficient (Wildman–Crippen LogP) is 3.64. The molecule has 1 fully saturated rings. The van der Waals surface area contributed by atoms with Crippen molar-refractivity contribution in [3.8, 4) is 0 Å². The minimum Gasteiger partial charge on any atom is -0.344 e. The summed E-state index contributed by atoms with van der Waals surface area (Å²) in [5, 5.41) is 1.39. The minimum absolute atomic E-state index is 0.599. The predicted molar refractivity (Wildman–Crippen MR) is 76.7 cm³/mol. The van der Waals surface area contributed by atoms with Gasteiger partial charge in [0.1, 0.15) is 0 Å². The quantitative estimate of drug-likeness (QED) is 0.856. The van der Waals surface area contributed by atoms with Crippen molar-refractivity contribution in [1.29, 1.82) is 0 Å². The first-order chi connectivity index (χ1) is 8.81. The van der Waals surface area contributed by atoms with Gasteiger partial charge < -0.3 is 10.3 Å². The van der Waals surface area contributed by atoms with E-state index in [0.717, 1.165) is 6.54 Å². The van der Waals surface area contributed by atoms with Gasteiger partial charge in [0.2, 0.25) is 0 Å². The van der Waals surface area contributed by atoms with Gasteiger partial charge in [0.15, 0.2) is 0 Å². The number of nitrogens with zero attached hydrogens (tertiary/aromatic N) is 1. The summed E-state index contributed by atoms with van der Waals surface area (Å²) < 4.78 is 2.49. The molecule has 3 rings (SSSR count). The molecule has 18 heavy (non-hydrogen) atoms. The number of hydrogen-bond donors (Lipinski definition) is 1. The van der Waals surface area contributed by atoms with Crippen LogP contribution >= 0.6 is 0 Å². The highest BCUT2D eigenvalue weighted by molar-refractivity contribution is 5.83. The van der Waals surface area contributed by atoms with Gasteiger partial charge in [-0.15, -0.1) is 0 Å². The van der Waals surface area contributed by atoms with E-state index in [4.69, 9.17) is 5.73 Å². The lowest BCUT2D eigenvalue weighted by molar-refractivity contribution is 0.250. The van der Waals surface area contributed by atoms with E-state index in [1.54, 1.807) is 0 Å². The van der Waals surface area contributed by atoms with Gasteiger partial charge in [0.05, 0.1) is 0 Å². The summed E-state index contributed by atoms with van der Waals surface area (Å²) >= 11 is 0. The van der Waals surface area contributed by atoms with Crippen LogP contribution in [0.3, 0.4) is 0 Å². The number of aryl methyl sites for hydroxylation is 1. The number of fused-ring (bicyclic) bond motifs is 1. The Hall–Kier alpha value is -1.28. The van der Waals surface area contributed by atoms with Crippen LogP contribution in [-0.2, 0) is 0 Å². The molecule has 1 heterocycles. The van der Waals surface area contributed by atoms with Gasteiger partial charge >= 0.3 is 0 Å². The van der Waals surface area contributed by atoms with Gasteiger partial charge in [0, 0.05) is 23.1 Å². The zero-order valence-corrected chi connectivity index (χ0v) is 11.1. The maximum Gasteiger partial charge on any atom is 0.0485 e. The third kappa shape index (κ3) is 1.85. The molecule has 2 atom stereocenters. The Balaban J connectivity index is 2.07. The molecule has 2 heteroatoms. The van der Waals surface area contributed by atoms with Crippen LogP contribution < -0.4 is 5.73 Å². The highest BCUT2D eigenvalue weighted by Gasteiger charge is 2.26. The SMILES string of the molecule is Cc1cn(C2CCCCC2CN)c2ccccc12. The zero-order chi connectivity index (χ0) is 12.5. The monoisotopic (exact) mass is 242 g/mol. The molecule has 1 aromatic carbocycles. The van der Waals surface area contributed by atoms with Gasteiger partial charge in [-0.1, -0.05) is 31.0 Å². The van der Waals surface area contributed by atoms with Crippen molar-refractivity contribution in [2.24, 2.45) is 11.7 Å². The third-order valence-electron chi connectivity index (χ3n) is 4.47. The molecule has 2 aromatic rings. The van der Waals surface area contributed by atoms with Crippen molar-refractivity contribution in [1.82, 2.24) is 4.57 Å². The number of nitrogens with two attached hydrogens (primary N) is 1. The van der Waals surface area contributed by atoms with Gasteiger partial charge in [-0.3, -0.25) is 0 Å². The van der Waals surface area contributed by atoms with Crippen molar-refractivity contribution in [3.05, 3.63) is 36.0 Å². The highest BCUT2D eigenvalue weighted by Crippen LogP contribution is 2.36. The van der Waals surface area contributed by atoms with Crippen molar-refractivity contribution < 1.29 is 0 Å². The van der Waals surface area contributed by atoms with Gasteiger partial charge in [-0.05, 0) is 43.9 Å². The first kappa shape index (κ1) is 11.8. The Labute approximate surface area is 109 Å². The van der Waals surface area contributed by atoms with E-state index >= 15 is 0 Å². The summed E-state index contributed by atoms with van der Waals surface area (Å²) in [6.45, 7) is 3.02. The average molecular weight is 242 g/mol. The van der Waals surface area contributed by atoms with Gasteiger partial charge in [-0.25, -0.2) is 0 Å². The van der Waals surface area contributed by atoms with Crippen molar-refractivity contribution in [2.75, 3.05) is 6.54 Å². The standard InChI is InChI=1S/C16H22N2/c1-12-11-18(16-9-5-3-7-14(12)16)15-8-4-2-6-13(15)10-17/h3,5,7,9,11,13,15H,2,4,6,8,10,17H2,1H3. The molecular weight excluding hydrogens is 220 g/mol. The van der Waals surface area contributed by atoms with E-state index in [2.05, 4.69) is 42.0 Å². The molecule has 0 aliphatic heterocycles. The van der Waals surface area contributed by atoms with Crippen LogP contribution in [-0.4, -0.2) is 11.1 Å². The Bertz CT molecular complexity index is 541. The lowest BCUT2D eigenvalue weighted by Gasteiger charge is -2.32. The van der Waals surface area contributed by atoms with Crippen molar-refractivity contribution in [3.63, 3.8) is 0 Å². The van der Waals surface area contributed by atoms with Crippen LogP contribution in [0.2, 0.25) is 0 Å². The molecule has 1 saturated carbocycles. The molecule has 0 bridgehead atoms. The summed E-state index contributed by atoms with van der Waals surface area (Å²) in [6.07, 6.45) is 7.57. The van der Waals surface area contributed by atoms with Crippen LogP contribution in [0.5, 0.6) is 0 Å². The fraction of sp³-hybridized carbons (Fsp3) is 0.500. The van der Waals surface area contributed by atoms with E-state index in [1.165, 1.54) is 42.1 Å². The number of aromatic nitrogens is 1. The van der Waals surface area contributed by atoms with E-state index in [9.17, 15) is 0 Å². The topological polar surface area (TPSA) is 30.9 Å². The minimum atomic E-state index is 0.599. The summed E-state index contributed by atoms with van der Waals surface area (Å²) in [5.41, 5.74) is 8.73. The molecule has 1 aromatic heterocycles. The maximum absolute atomic E-state index is 5.97. The van der Waals surface area contributed by atoms with Crippen LogP contribution in [0.15, 0.2) is 30.5 Å². The average Bonchev–Trinajstić information content (AvgIpc) is 2.77. The van der Waals surface area contributed by atoms with Crippen LogP contribution in [0.4, 0.5) is 0 Å². The Morgan fingerprint density at radius 2 is 2.00 bits per heavy atom. The summed E-state index contributed by atoms with van der Waals surface area (Å²) in [7, 11) is 0. The Kier molecular flexibility index (Phi) is 3.13. The summed E-state index contributed by atoms with van der Waals surface area (Å²) in [6, 6.07) is 9.33. The molecule has 2 nitrogen and oxygen atoms in total. The molecule has 2 N–H and O–H groups in total. The molecular formula is C16H22N2. The number of benzene rings is 1. The fourth-order valence-corrected chi connectivity index (χ4v) is 3.48. The molecule has 1 aliphatic carbocycles. The molecule has 0 spiro atoms. The van der Waals surface area contributed by atoms with Gasteiger partial charge in [-0.2, -0.15) is 0 Å². The second kappa shape index (κ2) is 4.77. The molecule has 96 valence electrons. The lowest BCUT2D eigenvalue weighted by atomic mass is 9.84. The first-order valence-electron chi connectivity index (χ1n) is 7.07. The smallest absolute Gasteiger partial charge is 0.0485 e. The molecule has 1 aliphatic rings. The van der Waals surface area contributed by atoms with Crippen LogP contribution in [0.25, 0.3) is 10.9 Å². The molecule has 0 radical (unpaired) electrons. The normalized spacial score (nSPS) is 24.6. The summed E-state index contributed by atoms with van der Waals surface area (Å²) in [5.74, 6) is 0.647. The van der Waals surface area contributed by atoms with Crippen molar-refractivity contribution in [2.45, 2.75) is 38.6 Å². The van der Waals surface area contributed by atoms with Crippen LogP contribution in [0.1, 0.15) is 37.3 Å². The van der Waals surface area contributed by atoms with E-state index in [-0.39, 0.29) is 0 Å². The van der Waals surface area contributed by atoms with Gasteiger partial charge in [0.25, 0.3) is 0 Å². The molecule has 2 unspecified atom stereocenters. The highest BCUT2D eigenvalue weighted by atomic mass is 15.0. The fourth-order valence-electron chi connectivity index (χ4n) is 3.48. The number of para-hydroxylation sites is 1. The second-order valence-electron chi connectivity index (χ2n) is 5.58. The summed E-state index contributed by atoms with van der Waals surface area (Å²) in [4.78, 5) is 0. The first-order valence-corrected chi connectivity index (χ1v) is 7.07. The maximum atomic E-state index is 5.97. The van der Waals surface area contributed by atoms with E-state index < -0.39 is 0 Å². The Morgan fingerprint density at radius 1 is 1.22 bits per heavy atom.